The van der Waals surface area contributed by atoms with Crippen LogP contribution >= 0.6 is 0 Å². The number of carbonyl (C=O) groups is 2. The van der Waals surface area contributed by atoms with Gasteiger partial charge in [-0.05, 0) is 31.2 Å². The van der Waals surface area contributed by atoms with Crippen LogP contribution in [0.5, 0.6) is 0 Å². The fraction of sp³-hybridized carbons (Fsp3) is 0.188. The van der Waals surface area contributed by atoms with E-state index in [-0.39, 0.29) is 11.9 Å². The van der Waals surface area contributed by atoms with E-state index >= 15 is 0 Å². The van der Waals surface area contributed by atoms with Crippen molar-refractivity contribution in [2.45, 2.75) is 13.8 Å². The summed E-state index contributed by atoms with van der Waals surface area (Å²) in [6.07, 6.45) is 1.58. The first-order valence-electron chi connectivity index (χ1n) is 6.87. The zero-order valence-electron chi connectivity index (χ0n) is 12.4. The third kappa shape index (κ3) is 4.05. The van der Waals surface area contributed by atoms with Crippen LogP contribution in [-0.4, -0.2) is 23.5 Å². The maximum absolute atomic E-state index is 11.9. The molecule has 1 aromatic carbocycles. The second kappa shape index (κ2) is 7.21. The minimum Gasteiger partial charge on any atom is -0.462 e. The van der Waals surface area contributed by atoms with Gasteiger partial charge in [-0.3, -0.25) is 4.79 Å². The number of aromatic nitrogens is 1. The number of nitrogens with zero attached hydrogens (tertiary/aromatic N) is 1. The van der Waals surface area contributed by atoms with Crippen LogP contribution in [0.25, 0.3) is 0 Å². The number of hydrogen-bond acceptors (Lipinski definition) is 5. The average molecular weight is 299 g/mol. The molecule has 1 aromatic heterocycles. The fourth-order valence-electron chi connectivity index (χ4n) is 1.86. The standard InChI is InChI=1S/C16H17N3O3/c1-3-22-16(21)13-6-4-5-7-14(13)19-12-8-9-15(17-10-12)18-11(2)20/h4-10,19H,3H2,1-2H3,(H,17,18,20). The largest absolute Gasteiger partial charge is 0.462 e. The quantitative estimate of drug-likeness (QED) is 0.830. The summed E-state index contributed by atoms with van der Waals surface area (Å²) in [6.45, 7) is 3.50. The Kier molecular flexibility index (Phi) is 5.08. The molecular formula is C16H17N3O3. The molecule has 0 saturated heterocycles. The molecule has 0 aliphatic heterocycles. The first kappa shape index (κ1) is 15.5. The zero-order valence-corrected chi connectivity index (χ0v) is 12.4. The molecule has 0 unspecified atom stereocenters. The number of pyridine rings is 1. The van der Waals surface area contributed by atoms with Crippen molar-refractivity contribution in [2.75, 3.05) is 17.2 Å². The number of anilines is 3. The minimum atomic E-state index is -0.381. The first-order chi connectivity index (χ1) is 10.6. The van der Waals surface area contributed by atoms with Crippen LogP contribution in [0.3, 0.4) is 0 Å². The van der Waals surface area contributed by atoms with Crippen LogP contribution < -0.4 is 10.6 Å². The lowest BCUT2D eigenvalue weighted by Gasteiger charge is -2.11. The monoisotopic (exact) mass is 299 g/mol. The molecule has 0 aliphatic rings. The van der Waals surface area contributed by atoms with Crippen LogP contribution in [0, 0.1) is 0 Å². The molecule has 6 nitrogen and oxygen atoms in total. The van der Waals surface area contributed by atoms with Gasteiger partial charge < -0.3 is 15.4 Å². The van der Waals surface area contributed by atoms with E-state index in [0.29, 0.717) is 29.4 Å². The molecule has 2 N–H and O–H groups in total. The molecule has 0 bridgehead atoms. The summed E-state index contributed by atoms with van der Waals surface area (Å²) in [6, 6.07) is 10.5. The summed E-state index contributed by atoms with van der Waals surface area (Å²) < 4.78 is 5.03. The van der Waals surface area contributed by atoms with E-state index in [2.05, 4.69) is 15.6 Å². The molecule has 0 radical (unpaired) electrons. The Labute approximate surface area is 128 Å². The number of amides is 1. The van der Waals surface area contributed by atoms with Crippen molar-refractivity contribution in [3.63, 3.8) is 0 Å². The van der Waals surface area contributed by atoms with Gasteiger partial charge in [0, 0.05) is 6.92 Å². The van der Waals surface area contributed by atoms with Gasteiger partial charge in [0.05, 0.1) is 29.7 Å². The topological polar surface area (TPSA) is 80.3 Å². The normalized spacial score (nSPS) is 9.91. The molecule has 2 rings (SSSR count). The van der Waals surface area contributed by atoms with E-state index in [1.54, 1.807) is 43.5 Å². The second-order valence-electron chi connectivity index (χ2n) is 4.50. The Morgan fingerprint density at radius 2 is 1.95 bits per heavy atom. The molecule has 0 fully saturated rings. The summed E-state index contributed by atoms with van der Waals surface area (Å²) in [5.41, 5.74) is 1.79. The lowest BCUT2D eigenvalue weighted by atomic mass is 10.1. The van der Waals surface area contributed by atoms with Gasteiger partial charge in [0.1, 0.15) is 5.82 Å². The van der Waals surface area contributed by atoms with Crippen molar-refractivity contribution >= 4 is 29.1 Å². The molecule has 0 aliphatic carbocycles. The van der Waals surface area contributed by atoms with E-state index in [1.807, 2.05) is 6.07 Å². The van der Waals surface area contributed by atoms with Gasteiger partial charge in [-0.2, -0.15) is 0 Å². The highest BCUT2D eigenvalue weighted by molar-refractivity contribution is 5.96. The smallest absolute Gasteiger partial charge is 0.340 e. The lowest BCUT2D eigenvalue weighted by molar-refractivity contribution is -0.114. The summed E-state index contributed by atoms with van der Waals surface area (Å²) in [5.74, 6) is -0.0916. The molecule has 0 atom stereocenters. The van der Waals surface area contributed by atoms with Crippen molar-refractivity contribution < 1.29 is 14.3 Å². The van der Waals surface area contributed by atoms with Crippen molar-refractivity contribution in [3.8, 4) is 0 Å². The number of rotatable bonds is 5. The average Bonchev–Trinajstić information content (AvgIpc) is 2.49. The number of benzene rings is 1. The molecular weight excluding hydrogens is 282 g/mol. The van der Waals surface area contributed by atoms with Gasteiger partial charge in [-0.1, -0.05) is 12.1 Å². The van der Waals surface area contributed by atoms with E-state index < -0.39 is 0 Å². The SMILES string of the molecule is CCOC(=O)c1ccccc1Nc1ccc(NC(C)=O)nc1. The van der Waals surface area contributed by atoms with Crippen molar-refractivity contribution in [3.05, 3.63) is 48.2 Å². The van der Waals surface area contributed by atoms with Gasteiger partial charge in [-0.15, -0.1) is 0 Å². The Morgan fingerprint density at radius 1 is 1.18 bits per heavy atom. The zero-order chi connectivity index (χ0) is 15.9. The van der Waals surface area contributed by atoms with Gasteiger partial charge in [0.25, 0.3) is 0 Å². The van der Waals surface area contributed by atoms with Crippen molar-refractivity contribution in [1.29, 1.82) is 0 Å². The number of nitrogens with one attached hydrogen (secondary N) is 2. The number of esters is 1. The van der Waals surface area contributed by atoms with Crippen LogP contribution in [-0.2, 0) is 9.53 Å². The van der Waals surface area contributed by atoms with Crippen LogP contribution in [0.15, 0.2) is 42.6 Å². The predicted molar refractivity (Wildman–Crippen MR) is 84.2 cm³/mol. The molecule has 114 valence electrons. The first-order valence-corrected chi connectivity index (χ1v) is 6.87. The molecule has 0 spiro atoms. The van der Waals surface area contributed by atoms with E-state index in [0.717, 1.165) is 0 Å². The van der Waals surface area contributed by atoms with E-state index in [1.165, 1.54) is 6.92 Å². The molecule has 0 saturated carbocycles. The third-order valence-corrected chi connectivity index (χ3v) is 2.77. The maximum atomic E-state index is 11.9. The molecule has 2 aromatic rings. The van der Waals surface area contributed by atoms with Crippen LogP contribution in [0.4, 0.5) is 17.2 Å². The van der Waals surface area contributed by atoms with E-state index in [9.17, 15) is 9.59 Å². The lowest BCUT2D eigenvalue weighted by Crippen LogP contribution is -2.08. The van der Waals surface area contributed by atoms with Crippen LogP contribution in [0.2, 0.25) is 0 Å². The summed E-state index contributed by atoms with van der Waals surface area (Å²) in [4.78, 5) is 27.0. The summed E-state index contributed by atoms with van der Waals surface area (Å²) in [5, 5.41) is 5.71. The highest BCUT2D eigenvalue weighted by Gasteiger charge is 2.11. The third-order valence-electron chi connectivity index (χ3n) is 2.77. The molecule has 1 amide bonds. The molecule has 22 heavy (non-hydrogen) atoms. The second-order valence-corrected chi connectivity index (χ2v) is 4.50. The van der Waals surface area contributed by atoms with Crippen LogP contribution in [0.1, 0.15) is 24.2 Å². The molecule has 1 heterocycles. The highest BCUT2D eigenvalue weighted by atomic mass is 16.5. The summed E-state index contributed by atoms with van der Waals surface area (Å²) >= 11 is 0. The number of hydrogen-bond donors (Lipinski definition) is 2. The number of para-hydroxylation sites is 1. The van der Waals surface area contributed by atoms with Gasteiger partial charge in [-0.25, -0.2) is 9.78 Å². The molecule has 6 heteroatoms. The van der Waals surface area contributed by atoms with Gasteiger partial charge >= 0.3 is 5.97 Å². The van der Waals surface area contributed by atoms with Gasteiger partial charge in [0.2, 0.25) is 5.91 Å². The Morgan fingerprint density at radius 3 is 2.59 bits per heavy atom. The number of ether oxygens (including phenoxy) is 1. The highest BCUT2D eigenvalue weighted by Crippen LogP contribution is 2.21. The minimum absolute atomic E-state index is 0.180. The fourth-order valence-corrected chi connectivity index (χ4v) is 1.86. The maximum Gasteiger partial charge on any atom is 0.340 e. The number of carbonyl (C=O) groups excluding carboxylic acids is 2. The Bertz CT molecular complexity index is 669. The Balaban J connectivity index is 2.17. The predicted octanol–water partition coefficient (Wildman–Crippen LogP) is 2.96. The van der Waals surface area contributed by atoms with E-state index in [4.69, 9.17) is 4.74 Å². The Hall–Kier alpha value is -2.89. The summed E-state index contributed by atoms with van der Waals surface area (Å²) in [7, 11) is 0. The van der Waals surface area contributed by atoms with Crippen molar-refractivity contribution in [1.82, 2.24) is 4.98 Å². The van der Waals surface area contributed by atoms with Gasteiger partial charge in [0.15, 0.2) is 0 Å². The van der Waals surface area contributed by atoms with Crippen molar-refractivity contribution in [2.24, 2.45) is 0 Å².